The third-order valence-corrected chi connectivity index (χ3v) is 5.20. The maximum absolute atomic E-state index is 12.4. The van der Waals surface area contributed by atoms with Gasteiger partial charge in [0.25, 0.3) is 0 Å². The number of ketones is 1. The molecule has 2 atom stereocenters. The van der Waals surface area contributed by atoms with E-state index < -0.39 is 22.2 Å². The van der Waals surface area contributed by atoms with Crippen molar-refractivity contribution in [3.63, 3.8) is 0 Å². The van der Waals surface area contributed by atoms with Crippen molar-refractivity contribution < 1.29 is 18.5 Å². The Morgan fingerprint density at radius 2 is 2.05 bits per heavy atom. The molecule has 2 unspecified atom stereocenters. The van der Waals surface area contributed by atoms with Crippen molar-refractivity contribution in [3.8, 4) is 0 Å². The molecule has 1 fully saturated rings. The Balaban J connectivity index is 2.22. The SMILES string of the molecule is C=C(CC1(C(=O)OC)CCCC1=O)S(=O)c1ccccc1. The molecule has 1 aromatic rings. The molecule has 0 spiro atoms. The topological polar surface area (TPSA) is 60.4 Å². The number of rotatable bonds is 5. The van der Waals surface area contributed by atoms with Gasteiger partial charge in [0.05, 0.1) is 17.9 Å². The lowest BCUT2D eigenvalue weighted by molar-refractivity contribution is -0.156. The Morgan fingerprint density at radius 3 is 2.57 bits per heavy atom. The molecule has 5 heteroatoms. The van der Waals surface area contributed by atoms with E-state index in [1.54, 1.807) is 24.3 Å². The maximum Gasteiger partial charge on any atom is 0.319 e. The highest BCUT2D eigenvalue weighted by atomic mass is 32.2. The number of carbonyl (C=O) groups is 2. The van der Waals surface area contributed by atoms with E-state index >= 15 is 0 Å². The summed E-state index contributed by atoms with van der Waals surface area (Å²) in [4.78, 5) is 25.2. The predicted octanol–water partition coefficient (Wildman–Crippen LogP) is 2.61. The molecule has 21 heavy (non-hydrogen) atoms. The molecule has 0 saturated heterocycles. The van der Waals surface area contributed by atoms with Crippen LogP contribution in [0.4, 0.5) is 0 Å². The molecule has 0 radical (unpaired) electrons. The van der Waals surface area contributed by atoms with E-state index in [1.807, 2.05) is 6.07 Å². The van der Waals surface area contributed by atoms with Crippen LogP contribution in [0.1, 0.15) is 25.7 Å². The lowest BCUT2D eigenvalue weighted by Crippen LogP contribution is -2.37. The zero-order valence-electron chi connectivity index (χ0n) is 12.0. The predicted molar refractivity (Wildman–Crippen MR) is 79.9 cm³/mol. The minimum atomic E-state index is -1.44. The van der Waals surface area contributed by atoms with E-state index in [-0.39, 0.29) is 12.2 Å². The molecule has 0 bridgehead atoms. The first-order chi connectivity index (χ1) is 10.0. The van der Waals surface area contributed by atoms with E-state index in [9.17, 15) is 13.8 Å². The maximum atomic E-state index is 12.4. The van der Waals surface area contributed by atoms with Gasteiger partial charge < -0.3 is 4.74 Å². The normalized spacial score (nSPS) is 22.8. The lowest BCUT2D eigenvalue weighted by Gasteiger charge is -2.24. The number of Topliss-reactive ketones (excluding diaryl/α,β-unsaturated/α-hetero) is 1. The Hall–Kier alpha value is -1.75. The van der Waals surface area contributed by atoms with Gasteiger partial charge in [-0.15, -0.1) is 0 Å². The molecular formula is C16H18O4S. The Bertz CT molecular complexity index is 594. The summed E-state index contributed by atoms with van der Waals surface area (Å²) in [6.45, 7) is 3.83. The van der Waals surface area contributed by atoms with E-state index in [0.717, 1.165) is 0 Å². The zero-order chi connectivity index (χ0) is 15.5. The van der Waals surface area contributed by atoms with Crippen LogP contribution >= 0.6 is 0 Å². The number of benzene rings is 1. The van der Waals surface area contributed by atoms with E-state index in [0.29, 0.717) is 29.1 Å². The van der Waals surface area contributed by atoms with Gasteiger partial charge in [0.1, 0.15) is 5.41 Å². The van der Waals surface area contributed by atoms with E-state index in [4.69, 9.17) is 4.74 Å². The summed E-state index contributed by atoms with van der Waals surface area (Å²) in [6, 6.07) is 8.89. The monoisotopic (exact) mass is 306 g/mol. The van der Waals surface area contributed by atoms with Crippen LogP contribution in [0, 0.1) is 5.41 Å². The Morgan fingerprint density at radius 1 is 1.38 bits per heavy atom. The number of ether oxygens (including phenoxy) is 1. The van der Waals surface area contributed by atoms with Gasteiger partial charge in [0.15, 0.2) is 5.78 Å². The average molecular weight is 306 g/mol. The molecule has 0 aliphatic heterocycles. The van der Waals surface area contributed by atoms with Crippen molar-refractivity contribution in [2.45, 2.75) is 30.6 Å². The second-order valence-corrected chi connectivity index (χ2v) is 6.73. The number of esters is 1. The minimum absolute atomic E-state index is 0.0833. The molecule has 2 rings (SSSR count). The highest BCUT2D eigenvalue weighted by molar-refractivity contribution is 7.89. The van der Waals surface area contributed by atoms with Crippen LogP contribution in [0.2, 0.25) is 0 Å². The highest BCUT2D eigenvalue weighted by Crippen LogP contribution is 2.42. The van der Waals surface area contributed by atoms with Crippen molar-refractivity contribution in [1.29, 1.82) is 0 Å². The number of hydrogen-bond donors (Lipinski definition) is 0. The van der Waals surface area contributed by atoms with Crippen LogP contribution in [0.3, 0.4) is 0 Å². The second kappa shape index (κ2) is 6.35. The van der Waals surface area contributed by atoms with Crippen LogP contribution in [0.5, 0.6) is 0 Å². The van der Waals surface area contributed by atoms with Gasteiger partial charge in [-0.2, -0.15) is 0 Å². The van der Waals surface area contributed by atoms with Crippen molar-refractivity contribution in [2.24, 2.45) is 5.41 Å². The summed E-state index contributed by atoms with van der Waals surface area (Å²) < 4.78 is 17.2. The molecular weight excluding hydrogens is 288 g/mol. The Labute approximate surface area is 126 Å². The standard InChI is InChI=1S/C16H18O4S/c1-12(21(19)13-7-4-3-5-8-13)11-16(15(18)20-2)10-6-9-14(16)17/h3-5,7-8H,1,6,9-11H2,2H3. The fourth-order valence-corrected chi connectivity index (χ4v) is 3.83. The fraction of sp³-hybridized carbons (Fsp3) is 0.375. The second-order valence-electron chi connectivity index (χ2n) is 5.15. The van der Waals surface area contributed by atoms with Crippen molar-refractivity contribution in [3.05, 3.63) is 41.8 Å². The third kappa shape index (κ3) is 2.97. The first-order valence-electron chi connectivity index (χ1n) is 6.77. The molecule has 1 aliphatic rings. The van der Waals surface area contributed by atoms with Gasteiger partial charge in [-0.25, -0.2) is 4.21 Å². The first kappa shape index (κ1) is 15.6. The van der Waals surface area contributed by atoms with Crippen LogP contribution in [-0.2, 0) is 25.1 Å². The summed E-state index contributed by atoms with van der Waals surface area (Å²) in [7, 11) is -0.168. The third-order valence-electron chi connectivity index (χ3n) is 3.84. The number of hydrogen-bond acceptors (Lipinski definition) is 4. The Kier molecular flexibility index (Phi) is 4.73. The fourth-order valence-electron chi connectivity index (χ4n) is 2.71. The van der Waals surface area contributed by atoms with Gasteiger partial charge >= 0.3 is 5.97 Å². The van der Waals surface area contributed by atoms with E-state index in [2.05, 4.69) is 6.58 Å². The van der Waals surface area contributed by atoms with Crippen LogP contribution in [0.15, 0.2) is 46.7 Å². The van der Waals surface area contributed by atoms with Gasteiger partial charge in [-0.3, -0.25) is 9.59 Å². The lowest BCUT2D eigenvalue weighted by atomic mass is 9.82. The van der Waals surface area contributed by atoms with Gasteiger partial charge in [-0.05, 0) is 25.0 Å². The van der Waals surface area contributed by atoms with Gasteiger partial charge in [0.2, 0.25) is 0 Å². The largest absolute Gasteiger partial charge is 0.468 e. The summed E-state index contributed by atoms with van der Waals surface area (Å²) in [5, 5.41) is 0. The molecule has 112 valence electrons. The van der Waals surface area contributed by atoms with Crippen molar-refractivity contribution in [1.82, 2.24) is 0 Å². The number of carbonyl (C=O) groups excluding carboxylic acids is 2. The van der Waals surface area contributed by atoms with Crippen molar-refractivity contribution >= 4 is 22.6 Å². The minimum Gasteiger partial charge on any atom is -0.468 e. The summed E-state index contributed by atoms with van der Waals surface area (Å²) in [5.74, 6) is -0.684. The van der Waals surface area contributed by atoms with Crippen molar-refractivity contribution in [2.75, 3.05) is 7.11 Å². The molecule has 0 amide bonds. The quantitative estimate of drug-likeness (QED) is 0.620. The number of methoxy groups -OCH3 is 1. The van der Waals surface area contributed by atoms with Crippen LogP contribution < -0.4 is 0 Å². The summed E-state index contributed by atoms with van der Waals surface area (Å²) >= 11 is 0. The van der Waals surface area contributed by atoms with Crippen LogP contribution in [0.25, 0.3) is 0 Å². The van der Waals surface area contributed by atoms with Gasteiger partial charge in [0, 0.05) is 22.6 Å². The molecule has 0 heterocycles. The molecule has 1 aromatic carbocycles. The summed E-state index contributed by atoms with van der Waals surface area (Å²) in [6.07, 6.45) is 1.53. The highest BCUT2D eigenvalue weighted by Gasteiger charge is 2.50. The van der Waals surface area contributed by atoms with Gasteiger partial charge in [-0.1, -0.05) is 24.8 Å². The summed E-state index contributed by atoms with van der Waals surface area (Å²) in [5.41, 5.74) is -1.20. The smallest absolute Gasteiger partial charge is 0.319 e. The zero-order valence-corrected chi connectivity index (χ0v) is 12.8. The molecule has 1 saturated carbocycles. The molecule has 0 aromatic heterocycles. The molecule has 1 aliphatic carbocycles. The molecule has 4 nitrogen and oxygen atoms in total. The van der Waals surface area contributed by atoms with E-state index in [1.165, 1.54) is 7.11 Å². The first-order valence-corrected chi connectivity index (χ1v) is 7.92. The van der Waals surface area contributed by atoms with Crippen LogP contribution in [-0.4, -0.2) is 23.1 Å². The number of allylic oxidation sites excluding steroid dienone is 1. The average Bonchev–Trinajstić information content (AvgIpc) is 2.88. The molecule has 0 N–H and O–H groups in total.